The lowest BCUT2D eigenvalue weighted by atomic mass is 10.1. The predicted molar refractivity (Wildman–Crippen MR) is 96.2 cm³/mol. The Hall–Kier alpha value is -1.05. The maximum Gasteiger partial charge on any atom is 0.303 e. The van der Waals surface area contributed by atoms with Crippen molar-refractivity contribution >= 4 is 5.97 Å². The summed E-state index contributed by atoms with van der Waals surface area (Å²) < 4.78 is 0. The monoisotopic (exact) mass is 308 g/mol. The summed E-state index contributed by atoms with van der Waals surface area (Å²) in [4.78, 5) is 10.3. The molecule has 2 heteroatoms. The highest BCUT2D eigenvalue weighted by atomic mass is 16.4. The van der Waals surface area contributed by atoms with Crippen molar-refractivity contribution in [3.63, 3.8) is 0 Å². The number of carboxylic acids is 1. The number of aliphatic carboxylic acids is 1. The summed E-state index contributed by atoms with van der Waals surface area (Å²) in [5.41, 5.74) is 0. The van der Waals surface area contributed by atoms with Crippen LogP contribution >= 0.6 is 0 Å². The van der Waals surface area contributed by atoms with E-state index in [9.17, 15) is 4.79 Å². The minimum absolute atomic E-state index is 0.322. The van der Waals surface area contributed by atoms with Crippen LogP contribution < -0.4 is 0 Å². The number of hydrogen-bond donors (Lipinski definition) is 1. The summed E-state index contributed by atoms with van der Waals surface area (Å²) in [7, 11) is 0. The fraction of sp³-hybridized carbons (Fsp3) is 0.750. The molecule has 128 valence electrons. The number of unbranched alkanes of at least 4 members (excludes halogenated alkanes) is 10. The SMILES string of the molecule is CCCCC/C=C/CCCC/C=C/CCCCCCC(=O)O. The molecule has 0 heterocycles. The molecule has 0 bridgehead atoms. The first kappa shape index (κ1) is 20.9. The van der Waals surface area contributed by atoms with E-state index in [1.54, 1.807) is 0 Å². The van der Waals surface area contributed by atoms with Crippen LogP contribution in [0.1, 0.15) is 96.8 Å². The van der Waals surface area contributed by atoms with E-state index in [4.69, 9.17) is 5.11 Å². The summed E-state index contributed by atoms with van der Waals surface area (Å²) >= 11 is 0. The molecule has 0 saturated heterocycles. The van der Waals surface area contributed by atoms with Crippen LogP contribution in [0.4, 0.5) is 0 Å². The minimum atomic E-state index is -0.671. The van der Waals surface area contributed by atoms with Crippen LogP contribution in [-0.2, 0) is 4.79 Å². The second-order valence-corrected chi connectivity index (χ2v) is 6.07. The highest BCUT2D eigenvalue weighted by Gasteiger charge is 1.95. The number of carboxylic acid groups (broad SMARTS) is 1. The standard InChI is InChI=1S/C20H36O2/c1-2-3-4-5-6-7-8-9-10-11-12-13-14-15-16-17-18-19-20(21)22/h6-7,12-13H,2-5,8-11,14-19H2,1H3,(H,21,22)/b7-6+,13-12+. The molecule has 22 heavy (non-hydrogen) atoms. The van der Waals surface area contributed by atoms with Gasteiger partial charge in [-0.3, -0.25) is 4.79 Å². The summed E-state index contributed by atoms with van der Waals surface area (Å²) in [6, 6.07) is 0. The van der Waals surface area contributed by atoms with Crippen LogP contribution in [0, 0.1) is 0 Å². The second-order valence-electron chi connectivity index (χ2n) is 6.07. The predicted octanol–water partition coefficient (Wildman–Crippen LogP) is 6.66. The van der Waals surface area contributed by atoms with Crippen molar-refractivity contribution in [3.05, 3.63) is 24.3 Å². The molecule has 0 atom stereocenters. The van der Waals surface area contributed by atoms with E-state index in [1.165, 1.54) is 57.8 Å². The van der Waals surface area contributed by atoms with E-state index in [1.807, 2.05) is 0 Å². The Morgan fingerprint density at radius 2 is 1.09 bits per heavy atom. The Bertz CT molecular complexity index is 292. The highest BCUT2D eigenvalue weighted by Crippen LogP contribution is 2.08. The normalized spacial score (nSPS) is 11.7. The van der Waals surface area contributed by atoms with Crippen LogP contribution in [0.3, 0.4) is 0 Å². The van der Waals surface area contributed by atoms with E-state index in [0.717, 1.165) is 25.7 Å². The van der Waals surface area contributed by atoms with Gasteiger partial charge in [0.25, 0.3) is 0 Å². The van der Waals surface area contributed by atoms with Gasteiger partial charge < -0.3 is 5.11 Å². The largest absolute Gasteiger partial charge is 0.481 e. The molecule has 2 nitrogen and oxygen atoms in total. The summed E-state index contributed by atoms with van der Waals surface area (Å²) in [6.45, 7) is 2.25. The van der Waals surface area contributed by atoms with Gasteiger partial charge in [0, 0.05) is 6.42 Å². The van der Waals surface area contributed by atoms with Gasteiger partial charge in [-0.15, -0.1) is 0 Å². The first-order chi connectivity index (χ1) is 10.8. The fourth-order valence-corrected chi connectivity index (χ4v) is 2.40. The van der Waals surface area contributed by atoms with Gasteiger partial charge in [0.05, 0.1) is 0 Å². The van der Waals surface area contributed by atoms with E-state index < -0.39 is 5.97 Å². The third kappa shape index (κ3) is 18.9. The van der Waals surface area contributed by atoms with Gasteiger partial charge in [-0.25, -0.2) is 0 Å². The smallest absolute Gasteiger partial charge is 0.303 e. The van der Waals surface area contributed by atoms with Gasteiger partial charge in [0.2, 0.25) is 0 Å². The van der Waals surface area contributed by atoms with Crippen molar-refractivity contribution in [2.45, 2.75) is 96.8 Å². The molecule has 0 radical (unpaired) electrons. The molecule has 0 aromatic rings. The first-order valence-corrected chi connectivity index (χ1v) is 9.29. The molecule has 0 aromatic carbocycles. The van der Waals surface area contributed by atoms with Crippen molar-refractivity contribution in [2.75, 3.05) is 0 Å². The summed E-state index contributed by atoms with van der Waals surface area (Å²) in [6.07, 6.45) is 25.2. The van der Waals surface area contributed by atoms with Gasteiger partial charge >= 0.3 is 5.97 Å². The topological polar surface area (TPSA) is 37.3 Å². The van der Waals surface area contributed by atoms with Crippen molar-refractivity contribution in [1.29, 1.82) is 0 Å². The van der Waals surface area contributed by atoms with E-state index in [0.29, 0.717) is 6.42 Å². The van der Waals surface area contributed by atoms with E-state index in [-0.39, 0.29) is 0 Å². The Morgan fingerprint density at radius 1 is 0.682 bits per heavy atom. The average Bonchev–Trinajstić information content (AvgIpc) is 2.50. The number of allylic oxidation sites excluding steroid dienone is 4. The zero-order chi connectivity index (χ0) is 16.3. The Balaban J connectivity index is 3.16. The molecule has 1 N–H and O–H groups in total. The van der Waals surface area contributed by atoms with Crippen LogP contribution in [0.2, 0.25) is 0 Å². The maximum absolute atomic E-state index is 10.3. The number of hydrogen-bond acceptors (Lipinski definition) is 1. The minimum Gasteiger partial charge on any atom is -0.481 e. The van der Waals surface area contributed by atoms with Crippen molar-refractivity contribution in [3.8, 4) is 0 Å². The third-order valence-corrected chi connectivity index (χ3v) is 3.81. The fourth-order valence-electron chi connectivity index (χ4n) is 2.40. The van der Waals surface area contributed by atoms with Gasteiger partial charge in [-0.05, 0) is 57.8 Å². The van der Waals surface area contributed by atoms with Crippen molar-refractivity contribution in [2.24, 2.45) is 0 Å². The first-order valence-electron chi connectivity index (χ1n) is 9.29. The summed E-state index contributed by atoms with van der Waals surface area (Å²) in [5.74, 6) is -0.671. The Morgan fingerprint density at radius 3 is 1.55 bits per heavy atom. The molecule has 0 saturated carbocycles. The molecule has 0 fully saturated rings. The lowest BCUT2D eigenvalue weighted by Crippen LogP contribution is -1.93. The molecule has 0 aliphatic rings. The summed E-state index contributed by atoms with van der Waals surface area (Å²) in [5, 5.41) is 8.52. The molecular formula is C20H36O2. The number of carbonyl (C=O) groups is 1. The van der Waals surface area contributed by atoms with E-state index >= 15 is 0 Å². The van der Waals surface area contributed by atoms with Crippen LogP contribution in [0.5, 0.6) is 0 Å². The van der Waals surface area contributed by atoms with E-state index in [2.05, 4.69) is 31.2 Å². The maximum atomic E-state index is 10.3. The Kier molecular flexibility index (Phi) is 17.1. The highest BCUT2D eigenvalue weighted by molar-refractivity contribution is 5.66. The lowest BCUT2D eigenvalue weighted by Gasteiger charge is -1.97. The second kappa shape index (κ2) is 18.0. The molecule has 0 rings (SSSR count). The molecule has 0 spiro atoms. The quantitative estimate of drug-likeness (QED) is 0.255. The van der Waals surface area contributed by atoms with Crippen LogP contribution in [-0.4, -0.2) is 11.1 Å². The molecular weight excluding hydrogens is 272 g/mol. The van der Waals surface area contributed by atoms with Gasteiger partial charge in [-0.2, -0.15) is 0 Å². The zero-order valence-electron chi connectivity index (χ0n) is 14.6. The van der Waals surface area contributed by atoms with Crippen molar-refractivity contribution < 1.29 is 9.90 Å². The van der Waals surface area contributed by atoms with Crippen molar-refractivity contribution in [1.82, 2.24) is 0 Å². The Labute approximate surface area is 137 Å². The molecule has 0 unspecified atom stereocenters. The van der Waals surface area contributed by atoms with Gasteiger partial charge in [0.15, 0.2) is 0 Å². The molecule has 0 aromatic heterocycles. The molecule has 0 aliphatic carbocycles. The number of rotatable bonds is 16. The van der Waals surface area contributed by atoms with Crippen LogP contribution in [0.25, 0.3) is 0 Å². The van der Waals surface area contributed by atoms with Crippen LogP contribution in [0.15, 0.2) is 24.3 Å². The average molecular weight is 309 g/mol. The van der Waals surface area contributed by atoms with Gasteiger partial charge in [0.1, 0.15) is 0 Å². The molecule has 0 aliphatic heterocycles. The van der Waals surface area contributed by atoms with Gasteiger partial charge in [-0.1, -0.05) is 56.9 Å². The zero-order valence-corrected chi connectivity index (χ0v) is 14.6. The lowest BCUT2D eigenvalue weighted by molar-refractivity contribution is -0.137. The molecule has 0 amide bonds. The third-order valence-electron chi connectivity index (χ3n) is 3.81.